The minimum absolute atomic E-state index is 0.0859. The van der Waals surface area contributed by atoms with E-state index < -0.39 is 0 Å². The van der Waals surface area contributed by atoms with Crippen LogP contribution in [-0.2, 0) is 20.7 Å². The molecular formula is C14H16O4. The van der Waals surface area contributed by atoms with E-state index in [2.05, 4.69) is 6.58 Å². The maximum Gasteiger partial charge on any atom is 0.333 e. The van der Waals surface area contributed by atoms with Crippen LogP contribution in [0.5, 0.6) is 5.75 Å². The summed E-state index contributed by atoms with van der Waals surface area (Å²) in [6, 6.07) is 7.51. The minimum Gasteiger partial charge on any atom is -0.497 e. The van der Waals surface area contributed by atoms with Crippen molar-refractivity contribution < 1.29 is 19.0 Å². The number of ether oxygens (including phenoxy) is 3. The van der Waals surface area contributed by atoms with Crippen LogP contribution in [0.1, 0.15) is 5.56 Å². The molecule has 1 fully saturated rings. The number of carbonyl (C=O) groups excluding carboxylic acids is 1. The highest BCUT2D eigenvalue weighted by atomic mass is 16.6. The summed E-state index contributed by atoms with van der Waals surface area (Å²) in [5.74, 6) is 0.430. The molecule has 96 valence electrons. The molecule has 0 aliphatic carbocycles. The van der Waals surface area contributed by atoms with Gasteiger partial charge in [-0.3, -0.25) is 0 Å². The number of hydrogen-bond acceptors (Lipinski definition) is 4. The summed E-state index contributed by atoms with van der Waals surface area (Å²) in [4.78, 5) is 11.6. The Morgan fingerprint density at radius 3 is 2.67 bits per heavy atom. The molecule has 1 heterocycles. The topological polar surface area (TPSA) is 48.1 Å². The number of hydrogen-bond donors (Lipinski definition) is 0. The molecular weight excluding hydrogens is 232 g/mol. The molecule has 18 heavy (non-hydrogen) atoms. The second-order valence-corrected chi connectivity index (χ2v) is 4.18. The van der Waals surface area contributed by atoms with Gasteiger partial charge in [0, 0.05) is 12.0 Å². The van der Waals surface area contributed by atoms with Crippen molar-refractivity contribution in [2.45, 2.75) is 12.5 Å². The van der Waals surface area contributed by atoms with Crippen LogP contribution < -0.4 is 4.74 Å². The van der Waals surface area contributed by atoms with Crippen molar-refractivity contribution in [1.82, 2.24) is 0 Å². The van der Waals surface area contributed by atoms with Gasteiger partial charge in [-0.05, 0) is 17.7 Å². The third kappa shape index (κ3) is 3.60. The van der Waals surface area contributed by atoms with Crippen LogP contribution in [0, 0.1) is 0 Å². The van der Waals surface area contributed by atoms with Gasteiger partial charge in [0.15, 0.2) is 0 Å². The second-order valence-electron chi connectivity index (χ2n) is 4.18. The van der Waals surface area contributed by atoms with Crippen LogP contribution in [0.4, 0.5) is 0 Å². The minimum atomic E-state index is -0.360. The lowest BCUT2D eigenvalue weighted by molar-refractivity contribution is -0.139. The highest BCUT2D eigenvalue weighted by molar-refractivity contribution is 5.88. The van der Waals surface area contributed by atoms with Gasteiger partial charge < -0.3 is 14.2 Å². The van der Waals surface area contributed by atoms with Gasteiger partial charge in [0.05, 0.1) is 13.7 Å². The smallest absolute Gasteiger partial charge is 0.333 e. The number of epoxide rings is 1. The van der Waals surface area contributed by atoms with Crippen molar-refractivity contribution in [3.8, 4) is 5.75 Å². The van der Waals surface area contributed by atoms with Crippen LogP contribution in [0.15, 0.2) is 36.4 Å². The molecule has 4 nitrogen and oxygen atoms in total. The van der Waals surface area contributed by atoms with E-state index in [-0.39, 0.29) is 12.1 Å². The highest BCUT2D eigenvalue weighted by Gasteiger charge is 2.24. The lowest BCUT2D eigenvalue weighted by Crippen LogP contribution is -2.12. The number of benzene rings is 1. The van der Waals surface area contributed by atoms with Crippen molar-refractivity contribution in [3.63, 3.8) is 0 Å². The summed E-state index contributed by atoms with van der Waals surface area (Å²) < 4.78 is 15.1. The fraction of sp³-hybridized carbons (Fsp3) is 0.357. The Bertz CT molecular complexity index is 432. The second kappa shape index (κ2) is 5.69. The van der Waals surface area contributed by atoms with Crippen molar-refractivity contribution in [2.75, 3.05) is 20.3 Å². The van der Waals surface area contributed by atoms with E-state index in [4.69, 9.17) is 14.2 Å². The Hall–Kier alpha value is -1.81. The van der Waals surface area contributed by atoms with Gasteiger partial charge in [-0.25, -0.2) is 4.79 Å². The number of methoxy groups -OCH3 is 1. The van der Waals surface area contributed by atoms with E-state index >= 15 is 0 Å². The zero-order valence-electron chi connectivity index (χ0n) is 10.3. The molecule has 0 bridgehead atoms. The Morgan fingerprint density at radius 2 is 2.11 bits per heavy atom. The predicted molar refractivity (Wildman–Crippen MR) is 66.5 cm³/mol. The first-order valence-corrected chi connectivity index (χ1v) is 5.78. The van der Waals surface area contributed by atoms with Crippen molar-refractivity contribution >= 4 is 5.97 Å². The number of carbonyl (C=O) groups is 1. The summed E-state index contributed by atoms with van der Waals surface area (Å²) in [5, 5.41) is 0. The molecule has 0 aromatic heterocycles. The lowest BCUT2D eigenvalue weighted by atomic mass is 10.1. The van der Waals surface area contributed by atoms with E-state index in [0.29, 0.717) is 25.2 Å². The normalized spacial score (nSPS) is 17.1. The molecule has 1 aliphatic heterocycles. The molecule has 1 atom stereocenters. The zero-order valence-corrected chi connectivity index (χ0v) is 10.3. The fourth-order valence-electron chi connectivity index (χ4n) is 1.50. The van der Waals surface area contributed by atoms with Crippen molar-refractivity contribution in [3.05, 3.63) is 42.0 Å². The van der Waals surface area contributed by atoms with Gasteiger partial charge >= 0.3 is 5.97 Å². The Kier molecular flexibility index (Phi) is 3.99. The van der Waals surface area contributed by atoms with E-state index in [1.165, 1.54) is 0 Å². The monoisotopic (exact) mass is 248 g/mol. The zero-order chi connectivity index (χ0) is 13.0. The van der Waals surface area contributed by atoms with Gasteiger partial charge in [0.25, 0.3) is 0 Å². The Morgan fingerprint density at radius 1 is 1.44 bits per heavy atom. The summed E-state index contributed by atoms with van der Waals surface area (Å²) >= 11 is 0. The molecule has 0 spiro atoms. The summed E-state index contributed by atoms with van der Waals surface area (Å²) in [6.07, 6.45) is 0.566. The first-order chi connectivity index (χ1) is 8.69. The van der Waals surface area contributed by atoms with Gasteiger partial charge in [0.2, 0.25) is 0 Å². The predicted octanol–water partition coefficient (Wildman–Crippen LogP) is 1.74. The van der Waals surface area contributed by atoms with Crippen molar-refractivity contribution in [2.24, 2.45) is 0 Å². The van der Waals surface area contributed by atoms with Crippen LogP contribution in [0.3, 0.4) is 0 Å². The average Bonchev–Trinajstić information content (AvgIpc) is 3.21. The first kappa shape index (κ1) is 12.6. The number of esters is 1. The molecule has 1 aliphatic rings. The maximum atomic E-state index is 11.6. The van der Waals surface area contributed by atoms with Crippen LogP contribution in [-0.4, -0.2) is 32.4 Å². The van der Waals surface area contributed by atoms with Gasteiger partial charge in [-0.1, -0.05) is 18.7 Å². The van der Waals surface area contributed by atoms with E-state index in [1.807, 2.05) is 24.3 Å². The van der Waals surface area contributed by atoms with Gasteiger partial charge in [-0.15, -0.1) is 0 Å². The SMILES string of the molecule is C=C(Cc1ccc(OC)cc1)C(=O)OCC1CO1. The highest BCUT2D eigenvalue weighted by Crippen LogP contribution is 2.15. The maximum absolute atomic E-state index is 11.6. The van der Waals surface area contributed by atoms with Crippen molar-refractivity contribution in [1.29, 1.82) is 0 Å². The van der Waals surface area contributed by atoms with Crippen LogP contribution in [0.2, 0.25) is 0 Å². The van der Waals surface area contributed by atoms with Gasteiger partial charge in [-0.2, -0.15) is 0 Å². The Balaban J connectivity index is 1.82. The number of rotatable bonds is 6. The van der Waals surface area contributed by atoms with E-state index in [9.17, 15) is 4.79 Å². The Labute approximate surface area is 106 Å². The molecule has 0 radical (unpaired) electrons. The first-order valence-electron chi connectivity index (χ1n) is 5.78. The van der Waals surface area contributed by atoms with Crippen LogP contribution >= 0.6 is 0 Å². The molecule has 0 saturated carbocycles. The molecule has 1 saturated heterocycles. The molecule has 4 heteroatoms. The third-order valence-electron chi connectivity index (χ3n) is 2.67. The van der Waals surface area contributed by atoms with E-state index in [1.54, 1.807) is 7.11 Å². The third-order valence-corrected chi connectivity index (χ3v) is 2.67. The van der Waals surface area contributed by atoms with E-state index in [0.717, 1.165) is 11.3 Å². The molecule has 1 aromatic rings. The standard InChI is InChI=1S/C14H16O4/c1-10(14(15)18-9-13-8-17-13)7-11-3-5-12(16-2)6-4-11/h3-6,13H,1,7-9H2,2H3. The summed E-state index contributed by atoms with van der Waals surface area (Å²) in [7, 11) is 1.62. The molecule has 0 amide bonds. The van der Waals surface area contributed by atoms with Crippen LogP contribution in [0.25, 0.3) is 0 Å². The lowest BCUT2D eigenvalue weighted by Gasteiger charge is -2.06. The molecule has 1 unspecified atom stereocenters. The quantitative estimate of drug-likeness (QED) is 0.437. The fourth-order valence-corrected chi connectivity index (χ4v) is 1.50. The summed E-state index contributed by atoms with van der Waals surface area (Å²) in [5.41, 5.74) is 1.45. The largest absolute Gasteiger partial charge is 0.497 e. The average molecular weight is 248 g/mol. The molecule has 1 aromatic carbocycles. The van der Waals surface area contributed by atoms with Gasteiger partial charge in [0.1, 0.15) is 18.5 Å². The summed E-state index contributed by atoms with van der Waals surface area (Å²) in [6.45, 7) is 4.74. The molecule has 0 N–H and O–H groups in total. The molecule has 2 rings (SSSR count).